The first-order valence-corrected chi connectivity index (χ1v) is 3.82. The minimum absolute atomic E-state index is 0.00694. The van der Waals surface area contributed by atoms with Gasteiger partial charge in [0.05, 0.1) is 19.3 Å². The molecule has 0 aliphatic heterocycles. The Labute approximate surface area is 75.4 Å². The summed E-state index contributed by atoms with van der Waals surface area (Å²) in [5, 5.41) is 17.9. The first kappa shape index (κ1) is 9.95. The molecule has 0 saturated carbocycles. The number of benzene rings is 1. The highest BCUT2D eigenvalue weighted by Crippen LogP contribution is 2.27. The molecule has 0 spiro atoms. The Bertz CT molecular complexity index is 288. The molecule has 13 heavy (non-hydrogen) atoms. The van der Waals surface area contributed by atoms with Gasteiger partial charge in [0.1, 0.15) is 17.7 Å². The van der Waals surface area contributed by atoms with Crippen LogP contribution in [-0.2, 0) is 0 Å². The maximum Gasteiger partial charge on any atom is 0.132 e. The van der Waals surface area contributed by atoms with Crippen LogP contribution in [0, 0.1) is 5.82 Å². The van der Waals surface area contributed by atoms with Crippen molar-refractivity contribution in [2.24, 2.45) is 0 Å². The summed E-state index contributed by atoms with van der Waals surface area (Å²) in [5.74, 6) is -0.345. The van der Waals surface area contributed by atoms with Gasteiger partial charge in [-0.25, -0.2) is 4.39 Å². The van der Waals surface area contributed by atoms with E-state index in [0.29, 0.717) is 0 Å². The minimum Gasteiger partial charge on any atom is -0.496 e. The van der Waals surface area contributed by atoms with Crippen molar-refractivity contribution in [3.8, 4) is 5.75 Å². The second-order valence-electron chi connectivity index (χ2n) is 2.55. The van der Waals surface area contributed by atoms with E-state index in [1.807, 2.05) is 0 Å². The largest absolute Gasteiger partial charge is 0.496 e. The Morgan fingerprint density at radius 3 is 2.77 bits per heavy atom. The second-order valence-corrected chi connectivity index (χ2v) is 2.55. The van der Waals surface area contributed by atoms with Crippen LogP contribution in [0.4, 0.5) is 4.39 Å². The molecule has 1 rings (SSSR count). The van der Waals surface area contributed by atoms with E-state index in [4.69, 9.17) is 9.84 Å². The first-order valence-electron chi connectivity index (χ1n) is 3.82. The molecule has 3 nitrogen and oxygen atoms in total. The van der Waals surface area contributed by atoms with Gasteiger partial charge in [0.15, 0.2) is 0 Å². The average Bonchev–Trinajstić information content (AvgIpc) is 2.16. The molecule has 4 heteroatoms. The predicted molar refractivity (Wildman–Crippen MR) is 45.0 cm³/mol. The Morgan fingerprint density at radius 2 is 2.23 bits per heavy atom. The van der Waals surface area contributed by atoms with Crippen LogP contribution in [0.15, 0.2) is 18.2 Å². The fourth-order valence-corrected chi connectivity index (χ4v) is 1.11. The summed E-state index contributed by atoms with van der Waals surface area (Å²) in [5.41, 5.74) is -0.00694. The summed E-state index contributed by atoms with van der Waals surface area (Å²) in [6.45, 7) is -0.530. The lowest BCUT2D eigenvalue weighted by Gasteiger charge is -2.12. The van der Waals surface area contributed by atoms with Crippen LogP contribution in [0.3, 0.4) is 0 Å². The molecular weight excluding hydrogens is 175 g/mol. The molecule has 1 unspecified atom stereocenters. The lowest BCUT2D eigenvalue weighted by molar-refractivity contribution is 0.0902. The van der Waals surface area contributed by atoms with E-state index in [1.165, 1.54) is 25.3 Å². The minimum atomic E-state index is -1.24. The third-order valence-corrected chi connectivity index (χ3v) is 1.74. The number of aliphatic hydroxyl groups excluding tert-OH is 2. The van der Waals surface area contributed by atoms with E-state index < -0.39 is 18.5 Å². The molecule has 0 amide bonds. The normalized spacial score (nSPS) is 12.6. The standard InChI is InChI=1S/C9H11FO3/c1-13-8-4-2-3-6(10)9(8)7(12)5-11/h2-4,7,11-12H,5H2,1H3. The van der Waals surface area contributed by atoms with E-state index >= 15 is 0 Å². The number of halogens is 1. The Balaban J connectivity index is 3.14. The molecule has 1 aromatic carbocycles. The van der Waals surface area contributed by atoms with Crippen LogP contribution < -0.4 is 4.74 Å². The van der Waals surface area contributed by atoms with Gasteiger partial charge in [-0.2, -0.15) is 0 Å². The summed E-state index contributed by atoms with van der Waals surface area (Å²) in [6.07, 6.45) is -1.24. The van der Waals surface area contributed by atoms with Gasteiger partial charge in [-0.3, -0.25) is 0 Å². The molecule has 0 aliphatic carbocycles. The summed E-state index contributed by atoms with van der Waals surface area (Å²) in [7, 11) is 1.38. The van der Waals surface area contributed by atoms with E-state index in [9.17, 15) is 9.50 Å². The van der Waals surface area contributed by atoms with Crippen molar-refractivity contribution in [2.75, 3.05) is 13.7 Å². The maximum absolute atomic E-state index is 13.1. The van der Waals surface area contributed by atoms with Crippen molar-refractivity contribution < 1.29 is 19.3 Å². The zero-order valence-electron chi connectivity index (χ0n) is 7.20. The van der Waals surface area contributed by atoms with Gasteiger partial charge in [-0.05, 0) is 12.1 Å². The van der Waals surface area contributed by atoms with Crippen molar-refractivity contribution in [2.45, 2.75) is 6.10 Å². The zero-order valence-corrected chi connectivity index (χ0v) is 7.20. The number of rotatable bonds is 3. The highest BCUT2D eigenvalue weighted by atomic mass is 19.1. The quantitative estimate of drug-likeness (QED) is 0.736. The highest BCUT2D eigenvalue weighted by molar-refractivity contribution is 5.36. The van der Waals surface area contributed by atoms with E-state index in [1.54, 1.807) is 0 Å². The fourth-order valence-electron chi connectivity index (χ4n) is 1.11. The van der Waals surface area contributed by atoms with Gasteiger partial charge in [0.25, 0.3) is 0 Å². The van der Waals surface area contributed by atoms with Gasteiger partial charge in [0.2, 0.25) is 0 Å². The van der Waals surface area contributed by atoms with Crippen LogP contribution in [0.25, 0.3) is 0 Å². The molecule has 1 atom stereocenters. The number of hydrogen-bond acceptors (Lipinski definition) is 3. The molecule has 0 heterocycles. The summed E-state index contributed by atoms with van der Waals surface area (Å²) in [6, 6.07) is 4.20. The molecule has 0 aromatic heterocycles. The maximum atomic E-state index is 13.1. The number of hydrogen-bond donors (Lipinski definition) is 2. The molecule has 1 aromatic rings. The van der Waals surface area contributed by atoms with Gasteiger partial charge < -0.3 is 14.9 Å². The predicted octanol–water partition coefficient (Wildman–Crippen LogP) is 0.860. The first-order chi connectivity index (χ1) is 6.20. The Morgan fingerprint density at radius 1 is 1.54 bits per heavy atom. The number of aliphatic hydroxyl groups is 2. The van der Waals surface area contributed by atoms with Gasteiger partial charge in [0, 0.05) is 0 Å². The van der Waals surface area contributed by atoms with Crippen molar-refractivity contribution in [3.05, 3.63) is 29.6 Å². The monoisotopic (exact) mass is 186 g/mol. The summed E-state index contributed by atoms with van der Waals surface area (Å²) in [4.78, 5) is 0. The van der Waals surface area contributed by atoms with Crippen LogP contribution >= 0.6 is 0 Å². The van der Waals surface area contributed by atoms with Crippen LogP contribution in [0.2, 0.25) is 0 Å². The lowest BCUT2D eigenvalue weighted by Crippen LogP contribution is -2.07. The van der Waals surface area contributed by atoms with E-state index in [2.05, 4.69) is 0 Å². The van der Waals surface area contributed by atoms with Gasteiger partial charge >= 0.3 is 0 Å². The highest BCUT2D eigenvalue weighted by Gasteiger charge is 2.16. The molecular formula is C9H11FO3. The molecule has 72 valence electrons. The Kier molecular flexibility index (Phi) is 3.22. The van der Waals surface area contributed by atoms with Crippen molar-refractivity contribution >= 4 is 0 Å². The average molecular weight is 186 g/mol. The van der Waals surface area contributed by atoms with E-state index in [-0.39, 0.29) is 11.3 Å². The molecule has 0 bridgehead atoms. The fraction of sp³-hybridized carbons (Fsp3) is 0.333. The van der Waals surface area contributed by atoms with Crippen LogP contribution in [0.1, 0.15) is 11.7 Å². The Hall–Kier alpha value is -1.13. The molecule has 2 N–H and O–H groups in total. The van der Waals surface area contributed by atoms with Crippen molar-refractivity contribution in [1.82, 2.24) is 0 Å². The molecule has 0 fully saturated rings. The van der Waals surface area contributed by atoms with Crippen molar-refractivity contribution in [1.29, 1.82) is 0 Å². The second kappa shape index (κ2) is 4.20. The van der Waals surface area contributed by atoms with Gasteiger partial charge in [-0.1, -0.05) is 6.07 Å². The van der Waals surface area contributed by atoms with Crippen LogP contribution in [0.5, 0.6) is 5.75 Å². The zero-order chi connectivity index (χ0) is 9.84. The van der Waals surface area contributed by atoms with E-state index in [0.717, 1.165) is 0 Å². The SMILES string of the molecule is COc1cccc(F)c1C(O)CO. The summed E-state index contributed by atoms with van der Waals surface area (Å²) >= 11 is 0. The summed E-state index contributed by atoms with van der Waals surface area (Å²) < 4.78 is 18.0. The smallest absolute Gasteiger partial charge is 0.132 e. The molecule has 0 radical (unpaired) electrons. The number of ether oxygens (including phenoxy) is 1. The molecule has 0 aliphatic rings. The molecule has 0 saturated heterocycles. The van der Waals surface area contributed by atoms with Crippen LogP contribution in [-0.4, -0.2) is 23.9 Å². The third-order valence-electron chi connectivity index (χ3n) is 1.74. The number of methoxy groups -OCH3 is 1. The van der Waals surface area contributed by atoms with Crippen molar-refractivity contribution in [3.63, 3.8) is 0 Å². The van der Waals surface area contributed by atoms with Gasteiger partial charge in [-0.15, -0.1) is 0 Å². The third kappa shape index (κ3) is 1.96. The lowest BCUT2D eigenvalue weighted by atomic mass is 10.1. The topological polar surface area (TPSA) is 49.7 Å².